The van der Waals surface area contributed by atoms with E-state index in [1.807, 2.05) is 19.9 Å². The number of hydrogen-bond acceptors (Lipinski definition) is 4. The maximum Gasteiger partial charge on any atom is 0.242 e. The molecule has 6 nitrogen and oxygen atoms in total. The largest absolute Gasteiger partial charge is 0.467 e. The minimum absolute atomic E-state index is 0.0218. The quantitative estimate of drug-likeness (QED) is 0.627. The topological polar surface area (TPSA) is 63.0 Å². The molecule has 2 heterocycles. The predicted molar refractivity (Wildman–Crippen MR) is 95.3 cm³/mol. The van der Waals surface area contributed by atoms with E-state index in [9.17, 15) is 9.59 Å². The van der Waals surface area contributed by atoms with Gasteiger partial charge in [0.05, 0.1) is 18.9 Å². The number of furan rings is 1. The highest BCUT2D eigenvalue weighted by molar-refractivity contribution is 6.27. The molecule has 0 N–H and O–H groups in total. The van der Waals surface area contributed by atoms with E-state index in [1.54, 1.807) is 22.1 Å². The molecule has 25 heavy (non-hydrogen) atoms. The number of amides is 2. The second-order valence-electron chi connectivity index (χ2n) is 6.40. The molecular formula is C18H27ClN2O4. The number of halogens is 1. The first-order valence-electron chi connectivity index (χ1n) is 8.82. The van der Waals surface area contributed by atoms with Gasteiger partial charge in [0.15, 0.2) is 0 Å². The number of carbonyl (C=O) groups excluding carboxylic acids is 2. The molecule has 1 aromatic heterocycles. The van der Waals surface area contributed by atoms with Crippen molar-refractivity contribution < 1.29 is 18.7 Å². The van der Waals surface area contributed by atoms with Crippen LogP contribution in [0.5, 0.6) is 0 Å². The molecule has 0 aromatic carbocycles. The van der Waals surface area contributed by atoms with Gasteiger partial charge in [-0.2, -0.15) is 0 Å². The van der Waals surface area contributed by atoms with Crippen LogP contribution in [0.3, 0.4) is 0 Å². The lowest BCUT2D eigenvalue weighted by Crippen LogP contribution is -2.48. The first kappa shape index (κ1) is 19.8. The van der Waals surface area contributed by atoms with Crippen molar-refractivity contribution in [3.8, 4) is 0 Å². The fourth-order valence-electron chi connectivity index (χ4n) is 2.91. The van der Waals surface area contributed by atoms with E-state index >= 15 is 0 Å². The molecule has 0 spiro atoms. The van der Waals surface area contributed by atoms with Crippen LogP contribution in [-0.2, 0) is 20.9 Å². The first-order valence-corrected chi connectivity index (χ1v) is 9.35. The zero-order valence-corrected chi connectivity index (χ0v) is 15.7. The van der Waals surface area contributed by atoms with Crippen LogP contribution in [0.15, 0.2) is 22.8 Å². The molecule has 1 aliphatic heterocycles. The van der Waals surface area contributed by atoms with Gasteiger partial charge < -0.3 is 19.0 Å². The van der Waals surface area contributed by atoms with Crippen LogP contribution in [0.25, 0.3) is 0 Å². The van der Waals surface area contributed by atoms with E-state index in [0.717, 1.165) is 25.9 Å². The van der Waals surface area contributed by atoms with E-state index in [-0.39, 0.29) is 36.4 Å². The molecule has 1 saturated heterocycles. The van der Waals surface area contributed by atoms with Gasteiger partial charge in [0.1, 0.15) is 18.2 Å². The normalized spacial score (nSPS) is 18.1. The Morgan fingerprint density at radius 1 is 1.40 bits per heavy atom. The minimum Gasteiger partial charge on any atom is -0.467 e. The SMILES string of the molecule is CC[C@@H](C)N(CC(=O)N(Cc1ccco1)C[C@H]1CCCO1)C(=O)CCl. The minimum atomic E-state index is -0.223. The maximum absolute atomic E-state index is 12.9. The Kier molecular flexibility index (Phi) is 7.78. The second-order valence-corrected chi connectivity index (χ2v) is 6.67. The fraction of sp³-hybridized carbons (Fsp3) is 0.667. The van der Waals surface area contributed by atoms with E-state index in [1.165, 1.54) is 0 Å². The Hall–Kier alpha value is -1.53. The van der Waals surface area contributed by atoms with Gasteiger partial charge in [0.25, 0.3) is 0 Å². The lowest BCUT2D eigenvalue weighted by Gasteiger charge is -2.31. The average molecular weight is 371 g/mol. The molecule has 2 amide bonds. The van der Waals surface area contributed by atoms with Gasteiger partial charge in [-0.15, -0.1) is 11.6 Å². The molecule has 1 aromatic rings. The van der Waals surface area contributed by atoms with Crippen molar-refractivity contribution in [1.29, 1.82) is 0 Å². The fourth-order valence-corrected chi connectivity index (χ4v) is 3.07. The van der Waals surface area contributed by atoms with Crippen LogP contribution in [0.1, 0.15) is 38.9 Å². The first-order chi connectivity index (χ1) is 12.0. The lowest BCUT2D eigenvalue weighted by molar-refractivity contribution is -0.142. The molecule has 140 valence electrons. The van der Waals surface area contributed by atoms with Crippen molar-refractivity contribution in [2.75, 3.05) is 25.6 Å². The number of hydrogen-bond donors (Lipinski definition) is 0. The highest BCUT2D eigenvalue weighted by Crippen LogP contribution is 2.16. The van der Waals surface area contributed by atoms with Gasteiger partial charge in [-0.3, -0.25) is 9.59 Å². The third-order valence-electron chi connectivity index (χ3n) is 4.59. The summed E-state index contributed by atoms with van der Waals surface area (Å²) < 4.78 is 11.1. The Labute approximate surface area is 154 Å². The molecule has 2 rings (SSSR count). The lowest BCUT2D eigenvalue weighted by atomic mass is 10.2. The molecule has 7 heteroatoms. The molecule has 1 aliphatic rings. The van der Waals surface area contributed by atoms with Crippen LogP contribution in [0.4, 0.5) is 0 Å². The molecule has 0 aliphatic carbocycles. The van der Waals surface area contributed by atoms with Crippen molar-refractivity contribution >= 4 is 23.4 Å². The smallest absolute Gasteiger partial charge is 0.242 e. The van der Waals surface area contributed by atoms with Crippen LogP contribution in [-0.4, -0.2) is 59.3 Å². The zero-order chi connectivity index (χ0) is 18.2. The Morgan fingerprint density at radius 2 is 2.20 bits per heavy atom. The number of alkyl halides is 1. The Bertz CT molecular complexity index is 543. The maximum atomic E-state index is 12.9. The van der Waals surface area contributed by atoms with Crippen molar-refractivity contribution in [3.05, 3.63) is 24.2 Å². The number of carbonyl (C=O) groups is 2. The monoisotopic (exact) mass is 370 g/mol. The van der Waals surface area contributed by atoms with Crippen molar-refractivity contribution in [3.63, 3.8) is 0 Å². The van der Waals surface area contributed by atoms with E-state index in [4.69, 9.17) is 20.8 Å². The van der Waals surface area contributed by atoms with Crippen LogP contribution < -0.4 is 0 Å². The Balaban J connectivity index is 2.07. The van der Waals surface area contributed by atoms with Gasteiger partial charge in [0.2, 0.25) is 11.8 Å². The van der Waals surface area contributed by atoms with Crippen molar-refractivity contribution in [2.24, 2.45) is 0 Å². The summed E-state index contributed by atoms with van der Waals surface area (Å²) in [6, 6.07) is 3.60. The molecule has 0 radical (unpaired) electrons. The van der Waals surface area contributed by atoms with Gasteiger partial charge in [-0.25, -0.2) is 0 Å². The van der Waals surface area contributed by atoms with Crippen LogP contribution in [0.2, 0.25) is 0 Å². The summed E-state index contributed by atoms with van der Waals surface area (Å²) in [5.74, 6) is 0.247. The van der Waals surface area contributed by atoms with E-state index in [0.29, 0.717) is 18.8 Å². The predicted octanol–water partition coefficient (Wildman–Crippen LogP) is 2.65. The van der Waals surface area contributed by atoms with E-state index < -0.39 is 0 Å². The van der Waals surface area contributed by atoms with Crippen LogP contribution in [0, 0.1) is 0 Å². The summed E-state index contributed by atoms with van der Waals surface area (Å²) in [6.07, 6.45) is 4.35. The summed E-state index contributed by atoms with van der Waals surface area (Å²) in [7, 11) is 0. The second kappa shape index (κ2) is 9.82. The highest BCUT2D eigenvalue weighted by Gasteiger charge is 2.27. The highest BCUT2D eigenvalue weighted by atomic mass is 35.5. The van der Waals surface area contributed by atoms with Gasteiger partial charge in [-0.1, -0.05) is 6.92 Å². The zero-order valence-electron chi connectivity index (χ0n) is 14.9. The summed E-state index contributed by atoms with van der Waals surface area (Å²) >= 11 is 5.71. The van der Waals surface area contributed by atoms with Gasteiger partial charge >= 0.3 is 0 Å². The molecule has 0 bridgehead atoms. The molecule has 2 atom stereocenters. The summed E-state index contributed by atoms with van der Waals surface area (Å²) in [5, 5.41) is 0. The Morgan fingerprint density at radius 3 is 2.76 bits per heavy atom. The average Bonchev–Trinajstić information content (AvgIpc) is 3.31. The molecule has 0 saturated carbocycles. The third-order valence-corrected chi connectivity index (χ3v) is 4.82. The van der Waals surface area contributed by atoms with Gasteiger partial charge in [-0.05, 0) is 38.3 Å². The van der Waals surface area contributed by atoms with Crippen LogP contribution >= 0.6 is 11.6 Å². The summed E-state index contributed by atoms with van der Waals surface area (Å²) in [5.41, 5.74) is 0. The van der Waals surface area contributed by atoms with Crippen molar-refractivity contribution in [2.45, 2.75) is 51.8 Å². The standard InChI is InChI=1S/C18H27ClN2O4/c1-3-14(2)21(17(22)10-19)13-18(23)20(11-15-6-4-8-24-15)12-16-7-5-9-25-16/h4,6,8,14,16H,3,5,7,9-13H2,1-2H3/t14-,16-/m1/s1. The summed E-state index contributed by atoms with van der Waals surface area (Å²) in [6.45, 7) is 5.54. The van der Waals surface area contributed by atoms with Gasteiger partial charge in [0, 0.05) is 19.2 Å². The summed E-state index contributed by atoms with van der Waals surface area (Å²) in [4.78, 5) is 28.3. The van der Waals surface area contributed by atoms with Crippen molar-refractivity contribution in [1.82, 2.24) is 9.80 Å². The number of rotatable bonds is 9. The molecular weight excluding hydrogens is 344 g/mol. The molecule has 0 unspecified atom stereocenters. The number of ether oxygens (including phenoxy) is 1. The van der Waals surface area contributed by atoms with E-state index in [2.05, 4.69) is 0 Å². The third kappa shape index (κ3) is 5.75. The molecule has 1 fully saturated rings. The number of nitrogens with zero attached hydrogens (tertiary/aromatic N) is 2.